The summed E-state index contributed by atoms with van der Waals surface area (Å²) in [6.45, 7) is 2.32. The number of aliphatic hydroxyl groups is 1. The van der Waals surface area contributed by atoms with E-state index in [9.17, 15) is 15.2 Å². The minimum atomic E-state index is -1.69. The van der Waals surface area contributed by atoms with E-state index in [0.717, 1.165) is 16.7 Å². The zero-order valence-electron chi connectivity index (χ0n) is 20.9. The first-order chi connectivity index (χ1) is 18.4. The van der Waals surface area contributed by atoms with Crippen molar-refractivity contribution in [3.63, 3.8) is 0 Å². The molecule has 0 bridgehead atoms. The van der Waals surface area contributed by atoms with Gasteiger partial charge < -0.3 is 24.5 Å². The summed E-state index contributed by atoms with van der Waals surface area (Å²) in [6.07, 6.45) is 2.62. The zero-order chi connectivity index (χ0) is 26.7. The number of hydrogen-bond donors (Lipinski definition) is 1. The maximum absolute atomic E-state index is 12.4. The van der Waals surface area contributed by atoms with Gasteiger partial charge in [0, 0.05) is 5.56 Å². The number of rotatable bonds is 9. The molecule has 1 unspecified atom stereocenters. The normalized spacial score (nSPS) is 12.7. The van der Waals surface area contributed by atoms with Gasteiger partial charge >= 0.3 is 5.82 Å². The first kappa shape index (κ1) is 24.8. The fourth-order valence-electron chi connectivity index (χ4n) is 4.42. The molecule has 3 aromatic carbocycles. The number of hydrogen-bond acceptors (Lipinski definition) is 7. The van der Waals surface area contributed by atoms with Crippen molar-refractivity contribution in [3.05, 3.63) is 124 Å². The molecular formula is C28H26N6O4. The second-order valence-corrected chi connectivity index (χ2v) is 9.05. The number of nitrogens with zero attached hydrogens (tertiary/aromatic N) is 6. The Morgan fingerprint density at radius 1 is 1.03 bits per heavy atom. The lowest BCUT2D eigenvalue weighted by molar-refractivity contribution is -0.389. The largest absolute Gasteiger partial charge is 0.497 e. The highest BCUT2D eigenvalue weighted by Gasteiger charge is 2.39. The van der Waals surface area contributed by atoms with Crippen molar-refractivity contribution in [2.75, 3.05) is 7.11 Å². The molecule has 5 rings (SSSR count). The second-order valence-electron chi connectivity index (χ2n) is 9.05. The minimum absolute atomic E-state index is 0.0654. The van der Waals surface area contributed by atoms with Crippen molar-refractivity contribution >= 4 is 5.82 Å². The van der Waals surface area contributed by atoms with Crippen molar-refractivity contribution in [1.82, 2.24) is 24.5 Å². The highest BCUT2D eigenvalue weighted by molar-refractivity contribution is 5.65. The summed E-state index contributed by atoms with van der Waals surface area (Å²) in [7, 11) is 1.60. The molecule has 0 fully saturated rings. The lowest BCUT2D eigenvalue weighted by Crippen LogP contribution is -2.34. The van der Waals surface area contributed by atoms with Gasteiger partial charge in [-0.2, -0.15) is 0 Å². The van der Waals surface area contributed by atoms with E-state index >= 15 is 0 Å². The number of aryl methyl sites for hydroxylation is 1. The molecule has 0 aliphatic heterocycles. The van der Waals surface area contributed by atoms with Crippen molar-refractivity contribution in [2.24, 2.45) is 0 Å². The molecule has 0 amide bonds. The standard InChI is InChI=1S/C28H26N6O4/c1-20-8-12-23(13-9-20)28(35,18-32-17-25(29-19-32)34(36)37)27-26(22-10-14-24(38-2)15-11-22)33(31-30-27)16-21-6-4-3-5-7-21/h3-15,17,19,35H,16,18H2,1-2H3. The van der Waals surface area contributed by atoms with Gasteiger partial charge in [-0.15, -0.1) is 5.10 Å². The Balaban J connectivity index is 1.69. The van der Waals surface area contributed by atoms with E-state index in [1.807, 2.05) is 85.8 Å². The fourth-order valence-corrected chi connectivity index (χ4v) is 4.42. The van der Waals surface area contributed by atoms with Crippen molar-refractivity contribution in [3.8, 4) is 17.0 Å². The Morgan fingerprint density at radius 3 is 2.37 bits per heavy atom. The molecule has 10 heteroatoms. The molecule has 0 saturated heterocycles. The summed E-state index contributed by atoms with van der Waals surface area (Å²) < 4.78 is 8.58. The van der Waals surface area contributed by atoms with Crippen LogP contribution in [0.15, 0.2) is 91.4 Å². The summed E-state index contributed by atoms with van der Waals surface area (Å²) in [5.41, 5.74) is 2.64. The van der Waals surface area contributed by atoms with Gasteiger partial charge in [0.05, 0.1) is 25.9 Å². The van der Waals surface area contributed by atoms with Crippen LogP contribution in [0.2, 0.25) is 0 Å². The lowest BCUT2D eigenvalue weighted by atomic mass is 9.87. The van der Waals surface area contributed by atoms with Crippen LogP contribution < -0.4 is 4.74 Å². The average Bonchev–Trinajstić information content (AvgIpc) is 3.57. The van der Waals surface area contributed by atoms with Gasteiger partial charge in [-0.1, -0.05) is 65.4 Å². The van der Waals surface area contributed by atoms with Crippen molar-refractivity contribution < 1.29 is 14.8 Å². The fraction of sp³-hybridized carbons (Fsp3) is 0.179. The molecule has 0 saturated carbocycles. The average molecular weight is 511 g/mol. The Kier molecular flexibility index (Phi) is 6.71. The highest BCUT2D eigenvalue weighted by atomic mass is 16.6. The zero-order valence-corrected chi connectivity index (χ0v) is 20.9. The number of benzene rings is 3. The van der Waals surface area contributed by atoms with E-state index in [1.165, 1.54) is 17.1 Å². The van der Waals surface area contributed by atoms with E-state index in [-0.39, 0.29) is 12.4 Å². The molecule has 1 atom stereocenters. The number of aromatic nitrogens is 5. The van der Waals surface area contributed by atoms with Gasteiger partial charge in [0.25, 0.3) is 0 Å². The number of imidazole rings is 1. The SMILES string of the molecule is COc1ccc(-c2c(C(O)(Cn3cnc([N+](=O)[O-])c3)c3ccc(C)cc3)nnn2Cc2ccccc2)cc1. The lowest BCUT2D eigenvalue weighted by Gasteiger charge is -2.28. The van der Waals surface area contributed by atoms with E-state index < -0.39 is 10.5 Å². The molecule has 2 heterocycles. The Bertz CT molecular complexity index is 1540. The van der Waals surface area contributed by atoms with Gasteiger partial charge in [-0.3, -0.25) is 0 Å². The maximum atomic E-state index is 12.4. The van der Waals surface area contributed by atoms with Crippen LogP contribution in [-0.2, 0) is 18.7 Å². The Labute approximate surface area is 218 Å². The van der Waals surface area contributed by atoms with E-state index in [1.54, 1.807) is 11.8 Å². The van der Waals surface area contributed by atoms with Crippen LogP contribution in [0.4, 0.5) is 5.82 Å². The Morgan fingerprint density at radius 2 is 1.74 bits per heavy atom. The molecule has 38 heavy (non-hydrogen) atoms. The minimum Gasteiger partial charge on any atom is -0.497 e. The van der Waals surface area contributed by atoms with Crippen molar-refractivity contribution in [2.45, 2.75) is 25.6 Å². The summed E-state index contributed by atoms with van der Waals surface area (Å²) in [5.74, 6) is 0.385. The molecule has 0 radical (unpaired) electrons. The van der Waals surface area contributed by atoms with Crippen LogP contribution in [-0.4, -0.2) is 41.7 Å². The summed E-state index contributed by atoms with van der Waals surface area (Å²) in [4.78, 5) is 14.5. The van der Waals surface area contributed by atoms with Crippen LogP contribution >= 0.6 is 0 Å². The van der Waals surface area contributed by atoms with Crippen LogP contribution in [0.1, 0.15) is 22.4 Å². The van der Waals surface area contributed by atoms with Gasteiger partial charge in [0.1, 0.15) is 17.6 Å². The quantitative estimate of drug-likeness (QED) is 0.231. The van der Waals surface area contributed by atoms with Gasteiger partial charge in [-0.05, 0) is 52.2 Å². The third kappa shape index (κ3) is 4.89. The van der Waals surface area contributed by atoms with Crippen LogP contribution in [0.3, 0.4) is 0 Å². The highest BCUT2D eigenvalue weighted by Crippen LogP contribution is 2.38. The molecule has 192 valence electrons. The number of nitro groups is 1. The summed E-state index contributed by atoms with van der Waals surface area (Å²) in [6, 6.07) is 24.8. The van der Waals surface area contributed by atoms with Gasteiger partial charge in [0.2, 0.25) is 6.33 Å². The number of methoxy groups -OCH3 is 1. The smallest absolute Gasteiger partial charge is 0.381 e. The van der Waals surface area contributed by atoms with Gasteiger partial charge in [-0.25, -0.2) is 4.68 Å². The third-order valence-electron chi connectivity index (χ3n) is 6.41. The van der Waals surface area contributed by atoms with Gasteiger partial charge in [0.15, 0.2) is 5.60 Å². The number of ether oxygens (including phenoxy) is 1. The topological polar surface area (TPSA) is 121 Å². The molecule has 5 aromatic rings. The van der Waals surface area contributed by atoms with Crippen LogP contribution in [0.5, 0.6) is 5.75 Å². The van der Waals surface area contributed by atoms with Crippen LogP contribution in [0, 0.1) is 17.0 Å². The molecule has 0 spiro atoms. The Hall–Kier alpha value is -4.83. The predicted molar refractivity (Wildman–Crippen MR) is 141 cm³/mol. The predicted octanol–water partition coefficient (Wildman–Crippen LogP) is 4.35. The summed E-state index contributed by atoms with van der Waals surface area (Å²) >= 11 is 0. The first-order valence-corrected chi connectivity index (χ1v) is 12.0. The second kappa shape index (κ2) is 10.3. The van der Waals surface area contributed by atoms with E-state index in [0.29, 0.717) is 29.2 Å². The maximum Gasteiger partial charge on any atom is 0.381 e. The van der Waals surface area contributed by atoms with E-state index in [4.69, 9.17) is 4.74 Å². The van der Waals surface area contributed by atoms with Crippen molar-refractivity contribution in [1.29, 1.82) is 0 Å². The third-order valence-corrected chi connectivity index (χ3v) is 6.41. The summed E-state index contributed by atoms with van der Waals surface area (Å²) in [5, 5.41) is 32.6. The van der Waals surface area contributed by atoms with Crippen LogP contribution in [0.25, 0.3) is 11.3 Å². The molecule has 0 aliphatic rings. The molecular weight excluding hydrogens is 484 g/mol. The molecule has 1 N–H and O–H groups in total. The first-order valence-electron chi connectivity index (χ1n) is 12.0. The molecule has 0 aliphatic carbocycles. The molecule has 2 aromatic heterocycles. The monoisotopic (exact) mass is 510 g/mol. The van der Waals surface area contributed by atoms with E-state index in [2.05, 4.69) is 15.3 Å². The molecule has 10 nitrogen and oxygen atoms in total.